The lowest BCUT2D eigenvalue weighted by atomic mass is 9.36. The van der Waals surface area contributed by atoms with Gasteiger partial charge in [0.15, 0.2) is 0 Å². The van der Waals surface area contributed by atoms with Crippen LogP contribution in [0.5, 0.6) is 0 Å². The van der Waals surface area contributed by atoms with Crippen LogP contribution in [0.1, 0.15) is 112 Å². The standard InChI is InChI=1S/C29H49B2NO2/c1-7-19-17-21-22-11-10-20(9-8-16-32-25(33)34-26(2,3)4)27(22,5)13-12-23(21)28(6)14-15-29(30,31)18-24(19)28/h19-24H,7-18H2,1-6H3,(H,32,33)/t19-,20?,21?,22?,23-,24?,27?,28?/m0/s1. The summed E-state index contributed by atoms with van der Waals surface area (Å²) in [5.41, 5.74) is 0.451. The van der Waals surface area contributed by atoms with Gasteiger partial charge in [-0.15, -0.1) is 0 Å². The number of hydrogen-bond acceptors (Lipinski definition) is 2. The molecular weight excluding hydrogens is 416 g/mol. The van der Waals surface area contributed by atoms with E-state index in [-0.39, 0.29) is 6.09 Å². The Morgan fingerprint density at radius 1 is 1.00 bits per heavy atom. The van der Waals surface area contributed by atoms with E-state index in [0.717, 1.165) is 55.4 Å². The molecule has 0 bridgehead atoms. The van der Waals surface area contributed by atoms with Crippen LogP contribution in [0.2, 0.25) is 5.21 Å². The maximum absolute atomic E-state index is 12.0. The molecule has 6 unspecified atom stereocenters. The van der Waals surface area contributed by atoms with Gasteiger partial charge in [-0.25, -0.2) is 4.79 Å². The van der Waals surface area contributed by atoms with Gasteiger partial charge < -0.3 is 10.1 Å². The van der Waals surface area contributed by atoms with Crippen LogP contribution in [0.3, 0.4) is 0 Å². The Bertz CT molecular complexity index is 749. The van der Waals surface area contributed by atoms with Crippen LogP contribution in [0.25, 0.3) is 0 Å². The summed E-state index contributed by atoms with van der Waals surface area (Å²) in [5.74, 6) is 4.85. The topological polar surface area (TPSA) is 38.3 Å². The van der Waals surface area contributed by atoms with E-state index in [1.165, 1.54) is 51.4 Å². The van der Waals surface area contributed by atoms with Gasteiger partial charge in [0, 0.05) is 6.54 Å². The normalized spacial score (nSPS) is 43.4. The molecule has 8 atom stereocenters. The zero-order valence-corrected chi connectivity index (χ0v) is 22.9. The van der Waals surface area contributed by atoms with E-state index in [9.17, 15) is 4.79 Å². The highest BCUT2D eigenvalue weighted by Crippen LogP contribution is 2.70. The number of alkyl carbamates (subject to hydrolysis) is 1. The Hall–Kier alpha value is -0.600. The Morgan fingerprint density at radius 2 is 1.71 bits per heavy atom. The lowest BCUT2D eigenvalue weighted by molar-refractivity contribution is -0.137. The molecule has 5 heteroatoms. The summed E-state index contributed by atoms with van der Waals surface area (Å²) in [6, 6.07) is 0. The van der Waals surface area contributed by atoms with Crippen molar-refractivity contribution in [3.63, 3.8) is 0 Å². The van der Waals surface area contributed by atoms with E-state index < -0.39 is 10.8 Å². The van der Waals surface area contributed by atoms with E-state index in [1.807, 2.05) is 20.8 Å². The highest BCUT2D eigenvalue weighted by molar-refractivity contribution is 6.39. The van der Waals surface area contributed by atoms with E-state index in [4.69, 9.17) is 20.4 Å². The van der Waals surface area contributed by atoms with Crippen LogP contribution < -0.4 is 5.32 Å². The van der Waals surface area contributed by atoms with Crippen molar-refractivity contribution in [1.29, 1.82) is 0 Å². The van der Waals surface area contributed by atoms with Crippen molar-refractivity contribution >= 4 is 21.8 Å². The van der Waals surface area contributed by atoms with Gasteiger partial charge in [-0.1, -0.05) is 45.2 Å². The van der Waals surface area contributed by atoms with Crippen LogP contribution in [-0.2, 0) is 4.74 Å². The zero-order chi connectivity index (χ0) is 24.9. The summed E-state index contributed by atoms with van der Waals surface area (Å²) in [6.07, 6.45) is 13.4. The summed E-state index contributed by atoms with van der Waals surface area (Å²) in [5, 5.41) is 2.51. The molecule has 34 heavy (non-hydrogen) atoms. The lowest BCUT2D eigenvalue weighted by Gasteiger charge is -2.64. The zero-order valence-electron chi connectivity index (χ0n) is 22.9. The van der Waals surface area contributed by atoms with Crippen LogP contribution in [0.4, 0.5) is 4.79 Å². The molecule has 0 aromatic carbocycles. The molecule has 4 aliphatic rings. The second kappa shape index (κ2) is 9.37. The van der Waals surface area contributed by atoms with Gasteiger partial charge in [0.25, 0.3) is 0 Å². The fraction of sp³-hybridized carbons (Fsp3) is 0.966. The number of rotatable bonds is 5. The molecule has 3 nitrogen and oxygen atoms in total. The molecule has 0 spiro atoms. The Labute approximate surface area is 212 Å². The van der Waals surface area contributed by atoms with E-state index in [2.05, 4.69) is 26.1 Å². The molecule has 4 rings (SSSR count). The van der Waals surface area contributed by atoms with Gasteiger partial charge in [0.05, 0.1) is 15.7 Å². The molecule has 4 aliphatic carbocycles. The minimum atomic E-state index is -0.459. The molecule has 4 saturated carbocycles. The third-order valence-corrected chi connectivity index (χ3v) is 11.1. The van der Waals surface area contributed by atoms with Crippen molar-refractivity contribution in [2.24, 2.45) is 46.3 Å². The first-order valence-electron chi connectivity index (χ1n) is 14.3. The van der Waals surface area contributed by atoms with Crippen LogP contribution in [-0.4, -0.2) is 33.9 Å². The van der Waals surface area contributed by atoms with Crippen molar-refractivity contribution in [3.05, 3.63) is 0 Å². The monoisotopic (exact) mass is 465 g/mol. The third-order valence-electron chi connectivity index (χ3n) is 11.1. The lowest BCUT2D eigenvalue weighted by Crippen LogP contribution is -2.56. The van der Waals surface area contributed by atoms with Crippen LogP contribution in [0, 0.1) is 46.3 Å². The van der Waals surface area contributed by atoms with Gasteiger partial charge in [-0.05, 0) is 118 Å². The summed E-state index contributed by atoms with van der Waals surface area (Å²) < 4.78 is 5.40. The second-order valence-corrected chi connectivity index (χ2v) is 14.2. The molecule has 188 valence electrons. The minimum absolute atomic E-state index is 0.286. The number of carbonyl (C=O) groups is 1. The van der Waals surface area contributed by atoms with Gasteiger partial charge in [0.2, 0.25) is 0 Å². The van der Waals surface area contributed by atoms with Gasteiger partial charge in [-0.2, -0.15) is 0 Å². The molecule has 1 N–H and O–H groups in total. The first-order valence-corrected chi connectivity index (χ1v) is 14.3. The highest BCUT2D eigenvalue weighted by Gasteiger charge is 2.61. The largest absolute Gasteiger partial charge is 0.444 e. The summed E-state index contributed by atoms with van der Waals surface area (Å²) in [4.78, 5) is 12.0. The van der Waals surface area contributed by atoms with Crippen molar-refractivity contribution in [2.75, 3.05) is 6.54 Å². The quantitative estimate of drug-likeness (QED) is 0.349. The maximum atomic E-state index is 12.0. The highest BCUT2D eigenvalue weighted by atomic mass is 16.6. The summed E-state index contributed by atoms with van der Waals surface area (Å²) in [6.45, 7) is 14.1. The predicted octanol–water partition coefficient (Wildman–Crippen LogP) is 7.04. The number of fused-ring (bicyclic) bond motifs is 5. The number of nitrogens with one attached hydrogen (secondary N) is 1. The Balaban J connectivity index is 1.39. The number of carbonyl (C=O) groups excluding carboxylic acids is 1. The smallest absolute Gasteiger partial charge is 0.407 e. The van der Waals surface area contributed by atoms with Gasteiger partial charge >= 0.3 is 6.09 Å². The fourth-order valence-electron chi connectivity index (χ4n) is 9.43. The van der Waals surface area contributed by atoms with Gasteiger partial charge in [-0.3, -0.25) is 0 Å². The molecule has 0 heterocycles. The maximum Gasteiger partial charge on any atom is 0.407 e. The van der Waals surface area contributed by atoms with E-state index in [0.29, 0.717) is 16.7 Å². The molecular formula is C29H49B2NO2. The van der Waals surface area contributed by atoms with E-state index >= 15 is 0 Å². The minimum Gasteiger partial charge on any atom is -0.444 e. The molecule has 4 radical (unpaired) electrons. The molecule has 0 saturated heterocycles. The number of amides is 1. The van der Waals surface area contributed by atoms with Crippen molar-refractivity contribution in [2.45, 2.75) is 123 Å². The van der Waals surface area contributed by atoms with Crippen molar-refractivity contribution in [3.8, 4) is 0 Å². The summed E-state index contributed by atoms with van der Waals surface area (Å²) >= 11 is 0. The van der Waals surface area contributed by atoms with Gasteiger partial charge in [0.1, 0.15) is 5.60 Å². The van der Waals surface area contributed by atoms with Crippen molar-refractivity contribution in [1.82, 2.24) is 5.32 Å². The molecule has 1 amide bonds. The van der Waals surface area contributed by atoms with Crippen molar-refractivity contribution < 1.29 is 9.53 Å². The Morgan fingerprint density at radius 3 is 2.38 bits per heavy atom. The van der Waals surface area contributed by atoms with E-state index in [1.54, 1.807) is 0 Å². The summed E-state index contributed by atoms with van der Waals surface area (Å²) in [7, 11) is 13.0. The molecule has 4 fully saturated rings. The fourth-order valence-corrected chi connectivity index (χ4v) is 9.43. The number of hydrogen-bond donors (Lipinski definition) is 1. The molecule has 0 aromatic rings. The predicted molar refractivity (Wildman–Crippen MR) is 142 cm³/mol. The Kier molecular flexibility index (Phi) is 7.29. The van der Waals surface area contributed by atoms with Crippen LogP contribution in [0.15, 0.2) is 0 Å². The van der Waals surface area contributed by atoms with Crippen LogP contribution >= 0.6 is 0 Å². The average Bonchev–Trinajstić information content (AvgIpc) is 3.06. The first kappa shape index (κ1) is 26.5. The molecule has 0 aliphatic heterocycles. The first-order chi connectivity index (χ1) is 15.8. The number of ether oxygens (including phenoxy) is 1. The third kappa shape index (κ3) is 4.97. The second-order valence-electron chi connectivity index (χ2n) is 14.2. The molecule has 0 aromatic heterocycles. The SMILES string of the molecule is [B]C1([B])CCC2(C)C(C1)[C@@H](CC)CC1C3CCC(CCCNC(=O)OC(C)(C)C)C3(C)CC[C@@H]12. The average molecular weight is 465 g/mol.